The summed E-state index contributed by atoms with van der Waals surface area (Å²) in [7, 11) is 1.56. The van der Waals surface area contributed by atoms with Gasteiger partial charge in [0.25, 0.3) is 0 Å². The highest BCUT2D eigenvalue weighted by atomic mass is 35.5. The third-order valence-electron chi connectivity index (χ3n) is 2.75. The number of ether oxygens (including phenoxy) is 1. The Morgan fingerprint density at radius 3 is 2.84 bits per heavy atom. The molecule has 1 N–H and O–H groups in total. The number of carboxylic acids is 1. The number of methoxy groups -OCH3 is 1. The summed E-state index contributed by atoms with van der Waals surface area (Å²) in [5.74, 6) is -0.432. The van der Waals surface area contributed by atoms with Gasteiger partial charge in [0.15, 0.2) is 5.69 Å². The molecule has 2 aromatic rings. The van der Waals surface area contributed by atoms with Crippen LogP contribution in [0.5, 0.6) is 5.75 Å². The van der Waals surface area contributed by atoms with Gasteiger partial charge in [0, 0.05) is 10.6 Å². The summed E-state index contributed by atoms with van der Waals surface area (Å²) in [6.07, 6.45) is 0. The monoisotopic (exact) mass is 281 g/mol. The number of aromatic carboxylic acids is 1. The van der Waals surface area contributed by atoms with Gasteiger partial charge in [0.05, 0.1) is 19.3 Å². The van der Waals surface area contributed by atoms with E-state index in [0.29, 0.717) is 23.0 Å². The van der Waals surface area contributed by atoms with E-state index in [9.17, 15) is 4.79 Å². The first-order valence-corrected chi connectivity index (χ1v) is 5.86. The van der Waals surface area contributed by atoms with Crippen molar-refractivity contribution in [2.75, 3.05) is 7.11 Å². The minimum absolute atomic E-state index is 0.0546. The van der Waals surface area contributed by atoms with Crippen molar-refractivity contribution < 1.29 is 14.6 Å². The van der Waals surface area contributed by atoms with Gasteiger partial charge < -0.3 is 9.84 Å². The molecule has 0 unspecified atom stereocenters. The number of rotatable bonds is 4. The number of hydrogen-bond acceptors (Lipinski definition) is 4. The van der Waals surface area contributed by atoms with Crippen molar-refractivity contribution in [2.24, 2.45) is 0 Å². The average Bonchev–Trinajstić information content (AvgIpc) is 2.71. The van der Waals surface area contributed by atoms with Crippen LogP contribution in [-0.4, -0.2) is 33.2 Å². The number of hydrogen-bond donors (Lipinski definition) is 1. The van der Waals surface area contributed by atoms with Crippen LogP contribution in [0.25, 0.3) is 0 Å². The Balaban J connectivity index is 2.36. The number of nitrogens with zero attached hydrogens (tertiary/aromatic N) is 3. The van der Waals surface area contributed by atoms with E-state index < -0.39 is 5.97 Å². The molecule has 0 atom stereocenters. The molecule has 6 nitrogen and oxygen atoms in total. The molecule has 1 heterocycles. The summed E-state index contributed by atoms with van der Waals surface area (Å²) in [6.45, 7) is 2.00. The molecule has 19 heavy (non-hydrogen) atoms. The molecular formula is C12H12ClN3O3. The minimum atomic E-state index is -1.10. The van der Waals surface area contributed by atoms with Gasteiger partial charge >= 0.3 is 5.97 Å². The summed E-state index contributed by atoms with van der Waals surface area (Å²) >= 11 is 5.94. The van der Waals surface area contributed by atoms with E-state index in [1.165, 1.54) is 4.68 Å². The Kier molecular flexibility index (Phi) is 3.71. The first kappa shape index (κ1) is 13.4. The van der Waals surface area contributed by atoms with Gasteiger partial charge in [0.2, 0.25) is 0 Å². The van der Waals surface area contributed by atoms with E-state index in [0.717, 1.165) is 5.56 Å². The molecule has 7 heteroatoms. The maximum absolute atomic E-state index is 10.9. The summed E-state index contributed by atoms with van der Waals surface area (Å²) in [6, 6.07) is 5.23. The highest BCUT2D eigenvalue weighted by Gasteiger charge is 2.16. The second kappa shape index (κ2) is 5.27. The molecule has 1 aromatic heterocycles. The predicted octanol–water partition coefficient (Wildman–Crippen LogP) is 2.00. The number of halogens is 1. The highest BCUT2D eigenvalue weighted by molar-refractivity contribution is 6.30. The lowest BCUT2D eigenvalue weighted by Crippen LogP contribution is -2.07. The fourth-order valence-corrected chi connectivity index (χ4v) is 1.93. The molecule has 0 spiro atoms. The highest BCUT2D eigenvalue weighted by Crippen LogP contribution is 2.23. The molecule has 100 valence electrons. The van der Waals surface area contributed by atoms with Crippen LogP contribution < -0.4 is 4.74 Å². The zero-order chi connectivity index (χ0) is 14.0. The maximum Gasteiger partial charge on any atom is 0.358 e. The van der Waals surface area contributed by atoms with Crippen LogP contribution in [0.15, 0.2) is 18.2 Å². The first-order valence-electron chi connectivity index (χ1n) is 5.48. The number of carbonyl (C=O) groups is 1. The Labute approximate surface area is 114 Å². The Morgan fingerprint density at radius 1 is 1.53 bits per heavy atom. The molecule has 0 radical (unpaired) electrons. The molecule has 0 bridgehead atoms. The third kappa shape index (κ3) is 2.68. The smallest absolute Gasteiger partial charge is 0.358 e. The van der Waals surface area contributed by atoms with Gasteiger partial charge in [-0.15, -0.1) is 5.10 Å². The van der Waals surface area contributed by atoms with Crippen molar-refractivity contribution in [1.29, 1.82) is 0 Å². The molecule has 0 amide bonds. The van der Waals surface area contributed by atoms with Crippen molar-refractivity contribution in [3.8, 4) is 5.75 Å². The third-order valence-corrected chi connectivity index (χ3v) is 2.98. The molecule has 0 saturated carbocycles. The van der Waals surface area contributed by atoms with E-state index in [2.05, 4.69) is 10.3 Å². The van der Waals surface area contributed by atoms with Crippen molar-refractivity contribution in [1.82, 2.24) is 15.0 Å². The molecule has 0 saturated heterocycles. The van der Waals surface area contributed by atoms with E-state index in [1.807, 2.05) is 0 Å². The normalized spacial score (nSPS) is 10.5. The summed E-state index contributed by atoms with van der Waals surface area (Å²) in [5, 5.41) is 17.0. The predicted molar refractivity (Wildman–Crippen MR) is 68.8 cm³/mol. The summed E-state index contributed by atoms with van der Waals surface area (Å²) in [4.78, 5) is 10.9. The largest absolute Gasteiger partial charge is 0.496 e. The van der Waals surface area contributed by atoms with Crippen LogP contribution in [0.2, 0.25) is 5.02 Å². The molecule has 0 aliphatic rings. The zero-order valence-electron chi connectivity index (χ0n) is 10.4. The maximum atomic E-state index is 10.9. The SMILES string of the molecule is COc1ccc(Cl)cc1Cn1nnc(C(=O)O)c1C. The molecular weight excluding hydrogens is 270 g/mol. The van der Waals surface area contributed by atoms with Crippen LogP contribution in [0.4, 0.5) is 0 Å². The van der Waals surface area contributed by atoms with Crippen LogP contribution in [0.3, 0.4) is 0 Å². The van der Waals surface area contributed by atoms with Crippen molar-refractivity contribution in [3.63, 3.8) is 0 Å². The second-order valence-corrected chi connectivity index (χ2v) is 4.38. The van der Waals surface area contributed by atoms with Gasteiger partial charge in [-0.25, -0.2) is 9.48 Å². The van der Waals surface area contributed by atoms with E-state index in [-0.39, 0.29) is 5.69 Å². The van der Waals surface area contributed by atoms with Crippen molar-refractivity contribution in [2.45, 2.75) is 13.5 Å². The zero-order valence-corrected chi connectivity index (χ0v) is 11.2. The molecule has 2 rings (SSSR count). The lowest BCUT2D eigenvalue weighted by molar-refractivity contribution is 0.0689. The van der Waals surface area contributed by atoms with E-state index in [4.69, 9.17) is 21.4 Å². The standard InChI is InChI=1S/C12H12ClN3O3/c1-7-11(12(17)18)14-15-16(7)6-8-5-9(13)3-4-10(8)19-2/h3-5H,6H2,1-2H3,(H,17,18). The van der Waals surface area contributed by atoms with Gasteiger partial charge in [-0.05, 0) is 25.1 Å². The number of benzene rings is 1. The van der Waals surface area contributed by atoms with Crippen LogP contribution >= 0.6 is 11.6 Å². The summed E-state index contributed by atoms with van der Waals surface area (Å²) in [5.41, 5.74) is 1.23. The fraction of sp³-hybridized carbons (Fsp3) is 0.250. The first-order chi connectivity index (χ1) is 9.02. The lowest BCUT2D eigenvalue weighted by atomic mass is 10.2. The van der Waals surface area contributed by atoms with Crippen LogP contribution in [0, 0.1) is 6.92 Å². The lowest BCUT2D eigenvalue weighted by Gasteiger charge is -2.09. The molecule has 0 aliphatic carbocycles. The molecule has 0 aliphatic heterocycles. The quantitative estimate of drug-likeness (QED) is 0.927. The number of aromatic nitrogens is 3. The van der Waals surface area contributed by atoms with Crippen LogP contribution in [-0.2, 0) is 6.54 Å². The Bertz CT molecular complexity index is 625. The van der Waals surface area contributed by atoms with Gasteiger partial charge in [-0.1, -0.05) is 16.8 Å². The number of carboxylic acid groups (broad SMARTS) is 1. The fourth-order valence-electron chi connectivity index (χ4n) is 1.74. The Morgan fingerprint density at radius 2 is 2.26 bits per heavy atom. The Hall–Kier alpha value is -2.08. The van der Waals surface area contributed by atoms with Gasteiger partial charge in [-0.3, -0.25) is 0 Å². The van der Waals surface area contributed by atoms with Crippen LogP contribution in [0.1, 0.15) is 21.7 Å². The van der Waals surface area contributed by atoms with E-state index >= 15 is 0 Å². The van der Waals surface area contributed by atoms with Crippen molar-refractivity contribution >= 4 is 17.6 Å². The average molecular weight is 282 g/mol. The van der Waals surface area contributed by atoms with E-state index in [1.54, 1.807) is 32.2 Å². The van der Waals surface area contributed by atoms with Gasteiger partial charge in [0.1, 0.15) is 5.75 Å². The molecule has 1 aromatic carbocycles. The summed E-state index contributed by atoms with van der Waals surface area (Å²) < 4.78 is 6.73. The van der Waals surface area contributed by atoms with Gasteiger partial charge in [-0.2, -0.15) is 0 Å². The topological polar surface area (TPSA) is 77.2 Å². The minimum Gasteiger partial charge on any atom is -0.496 e. The molecule has 0 fully saturated rings. The van der Waals surface area contributed by atoms with Crippen molar-refractivity contribution in [3.05, 3.63) is 40.2 Å². The second-order valence-electron chi connectivity index (χ2n) is 3.94.